The second-order valence-corrected chi connectivity index (χ2v) is 6.92. The minimum absolute atomic E-state index is 0.227. The van der Waals surface area contributed by atoms with E-state index in [1.54, 1.807) is 6.07 Å². The number of nitrogens with one attached hydrogen (secondary N) is 1. The molecule has 2 aromatic carbocycles. The Morgan fingerprint density at radius 2 is 1.88 bits per heavy atom. The zero-order valence-corrected chi connectivity index (χ0v) is 15.7. The lowest BCUT2D eigenvalue weighted by molar-refractivity contribution is 0.302. The molecular weight excluding hydrogens is 327 g/mol. The minimum atomic E-state index is -0.227. The SMILES string of the molecule is CCN(CC)CCN[C@@H]1C[C@H]1c1ccc(OCc2cccc(F)c2)cc1. The van der Waals surface area contributed by atoms with Crippen molar-refractivity contribution in [3.05, 3.63) is 65.5 Å². The van der Waals surface area contributed by atoms with Crippen molar-refractivity contribution in [1.82, 2.24) is 10.2 Å². The Bertz CT molecular complexity index is 685. The number of benzene rings is 2. The van der Waals surface area contributed by atoms with Gasteiger partial charge >= 0.3 is 0 Å². The Morgan fingerprint density at radius 1 is 1.12 bits per heavy atom. The van der Waals surface area contributed by atoms with E-state index < -0.39 is 0 Å². The lowest BCUT2D eigenvalue weighted by Crippen LogP contribution is -2.33. The Kier molecular flexibility index (Phi) is 6.64. The molecule has 2 atom stereocenters. The average Bonchev–Trinajstić information content (AvgIpc) is 3.44. The third-order valence-corrected chi connectivity index (χ3v) is 5.12. The third kappa shape index (κ3) is 5.29. The van der Waals surface area contributed by atoms with E-state index in [-0.39, 0.29) is 5.82 Å². The maximum Gasteiger partial charge on any atom is 0.123 e. The van der Waals surface area contributed by atoms with Gasteiger partial charge in [-0.1, -0.05) is 38.1 Å². The van der Waals surface area contributed by atoms with Crippen molar-refractivity contribution in [1.29, 1.82) is 0 Å². The molecule has 1 aliphatic carbocycles. The van der Waals surface area contributed by atoms with E-state index >= 15 is 0 Å². The first-order valence-corrected chi connectivity index (χ1v) is 9.62. The summed E-state index contributed by atoms with van der Waals surface area (Å²) < 4.78 is 18.9. The fourth-order valence-corrected chi connectivity index (χ4v) is 3.34. The molecule has 1 fully saturated rings. The molecule has 26 heavy (non-hydrogen) atoms. The van der Waals surface area contributed by atoms with Gasteiger partial charge < -0.3 is 15.0 Å². The van der Waals surface area contributed by atoms with Crippen molar-refractivity contribution in [3.8, 4) is 5.75 Å². The predicted octanol–water partition coefficient (Wildman–Crippen LogP) is 4.19. The van der Waals surface area contributed by atoms with Crippen molar-refractivity contribution in [2.75, 3.05) is 26.2 Å². The molecule has 0 unspecified atom stereocenters. The molecule has 0 radical (unpaired) electrons. The predicted molar refractivity (Wildman–Crippen MR) is 104 cm³/mol. The highest BCUT2D eigenvalue weighted by Crippen LogP contribution is 2.41. The molecule has 0 saturated heterocycles. The van der Waals surface area contributed by atoms with Crippen LogP contribution >= 0.6 is 0 Å². The molecule has 4 heteroatoms. The summed E-state index contributed by atoms with van der Waals surface area (Å²) in [4.78, 5) is 2.44. The van der Waals surface area contributed by atoms with Crippen LogP contribution in [0.4, 0.5) is 4.39 Å². The van der Waals surface area contributed by atoms with Crippen molar-refractivity contribution in [2.45, 2.75) is 38.8 Å². The molecule has 1 N–H and O–H groups in total. The van der Waals surface area contributed by atoms with Crippen LogP contribution in [0.1, 0.15) is 37.3 Å². The Labute approximate surface area is 156 Å². The van der Waals surface area contributed by atoms with Gasteiger partial charge in [-0.25, -0.2) is 4.39 Å². The van der Waals surface area contributed by atoms with E-state index in [4.69, 9.17) is 4.74 Å². The molecular formula is C22H29FN2O. The molecule has 1 aliphatic rings. The second kappa shape index (κ2) is 9.15. The number of ether oxygens (including phenoxy) is 1. The van der Waals surface area contributed by atoms with Crippen LogP contribution in [0.2, 0.25) is 0 Å². The van der Waals surface area contributed by atoms with Gasteiger partial charge in [-0.15, -0.1) is 0 Å². The zero-order chi connectivity index (χ0) is 18.4. The highest BCUT2D eigenvalue weighted by atomic mass is 19.1. The average molecular weight is 356 g/mol. The maximum atomic E-state index is 13.2. The summed E-state index contributed by atoms with van der Waals surface area (Å²) in [5.41, 5.74) is 2.21. The van der Waals surface area contributed by atoms with E-state index in [0.29, 0.717) is 18.6 Å². The first-order valence-electron chi connectivity index (χ1n) is 9.62. The first kappa shape index (κ1) is 18.9. The molecule has 140 valence electrons. The van der Waals surface area contributed by atoms with Gasteiger partial charge in [0, 0.05) is 25.0 Å². The van der Waals surface area contributed by atoms with Gasteiger partial charge in [-0.3, -0.25) is 0 Å². The van der Waals surface area contributed by atoms with Crippen molar-refractivity contribution < 1.29 is 9.13 Å². The summed E-state index contributed by atoms with van der Waals surface area (Å²) in [6.07, 6.45) is 1.21. The summed E-state index contributed by atoms with van der Waals surface area (Å²) >= 11 is 0. The lowest BCUT2D eigenvalue weighted by Gasteiger charge is -2.18. The molecule has 0 amide bonds. The molecule has 2 aromatic rings. The van der Waals surface area contributed by atoms with Crippen molar-refractivity contribution in [3.63, 3.8) is 0 Å². The highest BCUT2D eigenvalue weighted by molar-refractivity contribution is 5.34. The number of rotatable bonds is 10. The number of halogens is 1. The van der Waals surface area contributed by atoms with Crippen LogP contribution in [-0.4, -0.2) is 37.1 Å². The number of hydrogen-bond acceptors (Lipinski definition) is 3. The van der Waals surface area contributed by atoms with E-state index in [1.165, 1.54) is 24.1 Å². The van der Waals surface area contributed by atoms with E-state index in [9.17, 15) is 4.39 Å². The molecule has 0 heterocycles. The summed E-state index contributed by atoms with van der Waals surface area (Å²) in [5, 5.41) is 3.66. The standard InChI is InChI=1S/C22H29FN2O/c1-3-25(4-2)13-12-24-22-15-21(22)18-8-10-20(11-9-18)26-16-17-6-5-7-19(23)14-17/h5-11,14,21-22,24H,3-4,12-13,15-16H2,1-2H3/t21-,22+/m0/s1. The van der Waals surface area contributed by atoms with Gasteiger partial charge in [0.15, 0.2) is 0 Å². The first-order chi connectivity index (χ1) is 12.7. The molecule has 3 nitrogen and oxygen atoms in total. The number of hydrogen-bond donors (Lipinski definition) is 1. The summed E-state index contributed by atoms with van der Waals surface area (Å²) in [6, 6.07) is 15.5. The minimum Gasteiger partial charge on any atom is -0.489 e. The lowest BCUT2D eigenvalue weighted by atomic mass is 10.1. The summed E-state index contributed by atoms with van der Waals surface area (Å²) in [7, 11) is 0. The van der Waals surface area contributed by atoms with Gasteiger partial charge in [0.1, 0.15) is 18.2 Å². The van der Waals surface area contributed by atoms with Crippen molar-refractivity contribution >= 4 is 0 Å². The zero-order valence-electron chi connectivity index (χ0n) is 15.7. The summed E-state index contributed by atoms with van der Waals surface area (Å²) in [6.45, 7) is 9.20. The van der Waals surface area contributed by atoms with Crippen LogP contribution in [0.5, 0.6) is 5.75 Å². The Morgan fingerprint density at radius 3 is 2.58 bits per heavy atom. The third-order valence-electron chi connectivity index (χ3n) is 5.12. The second-order valence-electron chi connectivity index (χ2n) is 6.92. The fourth-order valence-electron chi connectivity index (χ4n) is 3.34. The van der Waals surface area contributed by atoms with Gasteiger partial charge in [-0.2, -0.15) is 0 Å². The Balaban J connectivity index is 1.42. The quantitative estimate of drug-likeness (QED) is 0.691. The number of likely N-dealkylation sites (N-methyl/N-ethyl adjacent to an activating group) is 1. The monoisotopic (exact) mass is 356 g/mol. The van der Waals surface area contributed by atoms with Gasteiger partial charge in [0.25, 0.3) is 0 Å². The van der Waals surface area contributed by atoms with Crippen LogP contribution in [0, 0.1) is 5.82 Å². The normalized spacial score (nSPS) is 18.9. The van der Waals surface area contributed by atoms with Crippen LogP contribution in [-0.2, 0) is 6.61 Å². The Hall–Kier alpha value is -1.91. The summed E-state index contributed by atoms with van der Waals surface area (Å²) in [5.74, 6) is 1.21. The highest BCUT2D eigenvalue weighted by Gasteiger charge is 2.37. The van der Waals surface area contributed by atoms with E-state index in [0.717, 1.165) is 37.5 Å². The van der Waals surface area contributed by atoms with Crippen LogP contribution < -0.4 is 10.1 Å². The van der Waals surface area contributed by atoms with Gasteiger partial charge in [0.05, 0.1) is 0 Å². The molecule has 0 spiro atoms. The molecule has 0 bridgehead atoms. The molecule has 1 saturated carbocycles. The largest absolute Gasteiger partial charge is 0.489 e. The van der Waals surface area contributed by atoms with Crippen LogP contribution in [0.15, 0.2) is 48.5 Å². The fraction of sp³-hybridized carbons (Fsp3) is 0.455. The maximum absolute atomic E-state index is 13.2. The molecule has 0 aromatic heterocycles. The molecule has 3 rings (SSSR count). The van der Waals surface area contributed by atoms with E-state index in [1.807, 2.05) is 18.2 Å². The van der Waals surface area contributed by atoms with E-state index in [2.05, 4.69) is 36.2 Å². The van der Waals surface area contributed by atoms with Gasteiger partial charge in [0.2, 0.25) is 0 Å². The topological polar surface area (TPSA) is 24.5 Å². The van der Waals surface area contributed by atoms with Crippen LogP contribution in [0.3, 0.4) is 0 Å². The van der Waals surface area contributed by atoms with Gasteiger partial charge in [-0.05, 0) is 54.9 Å². The van der Waals surface area contributed by atoms with Crippen molar-refractivity contribution in [2.24, 2.45) is 0 Å². The smallest absolute Gasteiger partial charge is 0.123 e. The molecule has 0 aliphatic heterocycles. The number of nitrogens with zero attached hydrogens (tertiary/aromatic N) is 1. The van der Waals surface area contributed by atoms with Crippen LogP contribution in [0.25, 0.3) is 0 Å².